The molecule has 7 unspecified atom stereocenters. The Morgan fingerprint density at radius 3 is 1.06 bits per heavy atom. The van der Waals surface area contributed by atoms with Crippen molar-refractivity contribution < 1.29 is 39.8 Å². The molecule has 0 aromatic heterocycles. The first-order valence-electron chi connectivity index (χ1n) is 37.4. The fourth-order valence-electron chi connectivity index (χ4n) is 12.0. The summed E-state index contributed by atoms with van der Waals surface area (Å²) in [5.41, 5.74) is 0. The zero-order valence-corrected chi connectivity index (χ0v) is 56.1. The minimum atomic E-state index is -1.57. The lowest BCUT2D eigenvalue weighted by Crippen LogP contribution is -2.60. The van der Waals surface area contributed by atoms with Crippen LogP contribution in [0, 0.1) is 0 Å². The maximum atomic E-state index is 13.1. The van der Waals surface area contributed by atoms with E-state index in [2.05, 4.69) is 55.6 Å². The summed E-state index contributed by atoms with van der Waals surface area (Å²) >= 11 is 0. The standard InChI is InChI=1S/C76H143NO8/c1-3-5-7-9-11-13-15-17-19-21-23-25-27-29-31-33-34-35-36-38-39-41-43-45-47-49-51-53-55-57-59-61-63-65-70(79)69(68-84-76-75(83)74(82)73(81)71(67-78)85-76)77-72(80)66-64-62-60-58-56-54-52-50-48-46-44-42-40-37-32-30-28-26-24-22-20-18-16-14-12-10-8-6-4-2/h16,18,22,24,55,57,63,65,69-71,73-76,78-79,81-83H,3-15,17,19-21,23,25-54,56,58-62,64,66-68H2,1-2H3,(H,77,80)/b18-16-,24-22-,57-55+,65-63+. The Hall–Kier alpha value is -1.85. The Kier molecular flexibility index (Phi) is 62.2. The van der Waals surface area contributed by atoms with Crippen LogP contribution in [0.3, 0.4) is 0 Å². The van der Waals surface area contributed by atoms with Crippen LogP contribution < -0.4 is 5.32 Å². The van der Waals surface area contributed by atoms with E-state index in [1.807, 2.05) is 6.08 Å². The molecule has 0 spiro atoms. The first-order chi connectivity index (χ1) is 41.8. The van der Waals surface area contributed by atoms with Crippen LogP contribution in [0.5, 0.6) is 0 Å². The minimum absolute atomic E-state index is 0.181. The number of nitrogens with one attached hydrogen (secondary N) is 1. The van der Waals surface area contributed by atoms with E-state index < -0.39 is 49.5 Å². The van der Waals surface area contributed by atoms with Gasteiger partial charge in [-0.1, -0.05) is 351 Å². The quantitative estimate of drug-likeness (QED) is 0.0261. The van der Waals surface area contributed by atoms with Gasteiger partial charge in [-0.15, -0.1) is 0 Å². The SMILES string of the molecule is CCCCCCC/C=C\C/C=C\CCCCCCCCCCCCCCCCCCCC(=O)NC(COC1OC(CO)C(O)C(O)C1O)C(O)/C=C/CC/C=C/CCCCCCCCCCCCCCCCCCCCCCCCCCCCC. The van der Waals surface area contributed by atoms with E-state index in [1.54, 1.807) is 6.08 Å². The molecule has 0 aromatic carbocycles. The van der Waals surface area contributed by atoms with Crippen LogP contribution in [0.1, 0.15) is 373 Å². The van der Waals surface area contributed by atoms with Gasteiger partial charge in [-0.25, -0.2) is 0 Å². The van der Waals surface area contributed by atoms with Crippen molar-refractivity contribution in [3.05, 3.63) is 48.6 Å². The van der Waals surface area contributed by atoms with Gasteiger partial charge >= 0.3 is 0 Å². The highest BCUT2D eigenvalue weighted by Gasteiger charge is 2.44. The van der Waals surface area contributed by atoms with Crippen LogP contribution in [0.25, 0.3) is 0 Å². The summed E-state index contributed by atoms with van der Waals surface area (Å²) in [5.74, 6) is -0.181. The number of aliphatic hydroxyl groups excluding tert-OH is 5. The Labute approximate surface area is 526 Å². The second-order valence-corrected chi connectivity index (χ2v) is 26.1. The van der Waals surface area contributed by atoms with Gasteiger partial charge in [-0.3, -0.25) is 4.79 Å². The molecule has 0 saturated carbocycles. The fraction of sp³-hybridized carbons (Fsp3) is 0.882. The third-order valence-electron chi connectivity index (χ3n) is 17.9. The third kappa shape index (κ3) is 53.7. The van der Waals surface area contributed by atoms with E-state index in [1.165, 1.54) is 308 Å². The summed E-state index contributed by atoms with van der Waals surface area (Å²) in [5, 5.41) is 54.8. The summed E-state index contributed by atoms with van der Waals surface area (Å²) in [6.45, 7) is 3.81. The highest BCUT2D eigenvalue weighted by atomic mass is 16.7. The summed E-state index contributed by atoms with van der Waals surface area (Å²) in [4.78, 5) is 13.1. The Bertz CT molecular complexity index is 1480. The van der Waals surface area contributed by atoms with Crippen LogP contribution >= 0.6 is 0 Å². The lowest BCUT2D eigenvalue weighted by atomic mass is 9.99. The molecule has 500 valence electrons. The molecule has 1 aliphatic heterocycles. The van der Waals surface area contributed by atoms with Crippen molar-refractivity contribution in [3.8, 4) is 0 Å². The fourth-order valence-corrected chi connectivity index (χ4v) is 12.0. The van der Waals surface area contributed by atoms with Gasteiger partial charge in [0.15, 0.2) is 6.29 Å². The van der Waals surface area contributed by atoms with E-state index in [-0.39, 0.29) is 12.5 Å². The van der Waals surface area contributed by atoms with Gasteiger partial charge < -0.3 is 40.3 Å². The predicted molar refractivity (Wildman–Crippen MR) is 364 cm³/mol. The number of carbonyl (C=O) groups is 1. The highest BCUT2D eigenvalue weighted by Crippen LogP contribution is 2.24. The second kappa shape index (κ2) is 65.1. The van der Waals surface area contributed by atoms with Crippen LogP contribution in [-0.2, 0) is 14.3 Å². The van der Waals surface area contributed by atoms with Crippen molar-refractivity contribution in [1.82, 2.24) is 5.32 Å². The highest BCUT2D eigenvalue weighted by molar-refractivity contribution is 5.76. The summed E-state index contributed by atoms with van der Waals surface area (Å²) in [6.07, 6.45) is 82.4. The van der Waals surface area contributed by atoms with Crippen molar-refractivity contribution in [2.24, 2.45) is 0 Å². The van der Waals surface area contributed by atoms with E-state index in [4.69, 9.17) is 9.47 Å². The Balaban J connectivity index is 2.12. The van der Waals surface area contributed by atoms with E-state index in [9.17, 15) is 30.3 Å². The minimum Gasteiger partial charge on any atom is -0.394 e. The molecule has 0 radical (unpaired) electrons. The molecule has 9 heteroatoms. The van der Waals surface area contributed by atoms with Gasteiger partial charge in [-0.05, 0) is 64.2 Å². The van der Waals surface area contributed by atoms with Gasteiger partial charge in [0.05, 0.1) is 25.4 Å². The summed E-state index contributed by atoms with van der Waals surface area (Å²) < 4.78 is 11.3. The number of hydrogen-bond acceptors (Lipinski definition) is 8. The molecule has 9 nitrogen and oxygen atoms in total. The smallest absolute Gasteiger partial charge is 0.220 e. The molecular formula is C76H143NO8. The van der Waals surface area contributed by atoms with Crippen LogP contribution in [0.2, 0.25) is 0 Å². The average molecular weight is 1200 g/mol. The van der Waals surface area contributed by atoms with E-state index >= 15 is 0 Å². The largest absolute Gasteiger partial charge is 0.394 e. The van der Waals surface area contributed by atoms with Gasteiger partial charge in [0.1, 0.15) is 24.4 Å². The lowest BCUT2D eigenvalue weighted by Gasteiger charge is -2.40. The number of rotatable bonds is 66. The molecule has 7 atom stereocenters. The average Bonchev–Trinajstić information content (AvgIpc) is 3.56. The number of hydrogen-bond donors (Lipinski definition) is 6. The lowest BCUT2D eigenvalue weighted by molar-refractivity contribution is -0.302. The molecule has 1 saturated heterocycles. The van der Waals surface area contributed by atoms with Crippen molar-refractivity contribution >= 4 is 5.91 Å². The Morgan fingerprint density at radius 1 is 0.400 bits per heavy atom. The van der Waals surface area contributed by atoms with Crippen LogP contribution in [-0.4, -0.2) is 87.5 Å². The van der Waals surface area contributed by atoms with Gasteiger partial charge in [0.2, 0.25) is 5.91 Å². The molecule has 1 heterocycles. The first-order valence-corrected chi connectivity index (χ1v) is 37.4. The molecule has 0 bridgehead atoms. The van der Waals surface area contributed by atoms with Crippen molar-refractivity contribution in [2.45, 2.75) is 416 Å². The zero-order valence-electron chi connectivity index (χ0n) is 56.1. The van der Waals surface area contributed by atoms with Crippen molar-refractivity contribution in [2.75, 3.05) is 13.2 Å². The molecule has 0 aliphatic carbocycles. The van der Waals surface area contributed by atoms with Gasteiger partial charge in [0.25, 0.3) is 0 Å². The van der Waals surface area contributed by atoms with Crippen molar-refractivity contribution in [1.29, 1.82) is 0 Å². The maximum absolute atomic E-state index is 13.1. The number of carbonyl (C=O) groups excluding carboxylic acids is 1. The van der Waals surface area contributed by atoms with Crippen LogP contribution in [0.4, 0.5) is 0 Å². The van der Waals surface area contributed by atoms with E-state index in [0.29, 0.717) is 6.42 Å². The molecule has 6 N–H and O–H groups in total. The van der Waals surface area contributed by atoms with Gasteiger partial charge in [-0.2, -0.15) is 0 Å². The molecule has 1 fully saturated rings. The number of amides is 1. The topological polar surface area (TPSA) is 149 Å². The molecule has 1 amide bonds. The molecule has 85 heavy (non-hydrogen) atoms. The van der Waals surface area contributed by atoms with E-state index in [0.717, 1.165) is 44.9 Å². The summed E-state index contributed by atoms with van der Waals surface area (Å²) in [6, 6.07) is -0.824. The molecule has 1 rings (SSSR count). The number of aliphatic hydroxyl groups is 5. The maximum Gasteiger partial charge on any atom is 0.220 e. The zero-order chi connectivity index (χ0) is 61.4. The molecule has 1 aliphatic rings. The number of allylic oxidation sites excluding steroid dienone is 7. The second-order valence-electron chi connectivity index (χ2n) is 26.1. The molecular weight excluding hydrogens is 1050 g/mol. The monoisotopic (exact) mass is 1200 g/mol. The predicted octanol–water partition coefficient (Wildman–Crippen LogP) is 20.8. The first kappa shape index (κ1) is 81.2. The number of unbranched alkanes of at least 4 members (excludes halogenated alkanes) is 50. The normalized spacial score (nSPS) is 18.3. The number of ether oxygens (including phenoxy) is 2. The summed E-state index contributed by atoms with van der Waals surface area (Å²) in [7, 11) is 0. The van der Waals surface area contributed by atoms with Crippen LogP contribution in [0.15, 0.2) is 48.6 Å². The molecule has 0 aromatic rings. The Morgan fingerprint density at radius 2 is 0.706 bits per heavy atom. The van der Waals surface area contributed by atoms with Gasteiger partial charge in [0, 0.05) is 6.42 Å². The van der Waals surface area contributed by atoms with Crippen molar-refractivity contribution in [3.63, 3.8) is 0 Å². The third-order valence-corrected chi connectivity index (χ3v) is 17.9.